The average molecular weight is 496 g/mol. The predicted octanol–water partition coefficient (Wildman–Crippen LogP) is 5.23. The molecule has 0 heterocycles. The van der Waals surface area contributed by atoms with Crippen LogP contribution in [0.15, 0.2) is 91.0 Å². The van der Waals surface area contributed by atoms with Crippen LogP contribution in [0.5, 0.6) is 5.75 Å². The Labute approximate surface area is 215 Å². The number of fused-ring (bicyclic) bond motifs is 1. The molecule has 4 rings (SSSR count). The Bertz CT molecular complexity index is 1420. The number of benzene rings is 4. The minimum atomic E-state index is -0.498. The van der Waals surface area contributed by atoms with E-state index in [0.717, 1.165) is 16.3 Å². The molecule has 4 aromatic rings. The lowest BCUT2D eigenvalue weighted by atomic mass is 9.87. The molecule has 0 radical (unpaired) electrons. The van der Waals surface area contributed by atoms with E-state index < -0.39 is 11.8 Å². The van der Waals surface area contributed by atoms with Gasteiger partial charge in [0.25, 0.3) is 17.7 Å². The van der Waals surface area contributed by atoms with Gasteiger partial charge in [0.1, 0.15) is 5.75 Å². The summed E-state index contributed by atoms with van der Waals surface area (Å²) in [5.41, 5.74) is 7.29. The number of carbonyl (C=O) groups is 3. The van der Waals surface area contributed by atoms with E-state index in [4.69, 9.17) is 4.74 Å². The minimum Gasteiger partial charge on any atom is -0.483 e. The van der Waals surface area contributed by atoms with Gasteiger partial charge in [-0.15, -0.1) is 0 Å². The maximum atomic E-state index is 12.6. The first-order chi connectivity index (χ1) is 17.7. The second-order valence-corrected chi connectivity index (χ2v) is 9.63. The van der Waals surface area contributed by atoms with E-state index in [0.29, 0.717) is 22.6 Å². The van der Waals surface area contributed by atoms with Gasteiger partial charge in [0.2, 0.25) is 0 Å². The highest BCUT2D eigenvalue weighted by atomic mass is 16.5. The van der Waals surface area contributed by atoms with E-state index in [1.165, 1.54) is 0 Å². The first-order valence-electron chi connectivity index (χ1n) is 11.9. The molecule has 0 saturated heterocycles. The SMILES string of the molecule is CC(C)(C)c1ccc(C(=O)Nc2ccc(C(=O)NNC(=O)COc3cccc4ccccc34)cc2)cc1. The summed E-state index contributed by atoms with van der Waals surface area (Å²) in [7, 11) is 0. The summed E-state index contributed by atoms with van der Waals surface area (Å²) in [6, 6.07) is 27.2. The zero-order valence-electron chi connectivity index (χ0n) is 21.0. The second-order valence-electron chi connectivity index (χ2n) is 9.63. The molecule has 0 aliphatic heterocycles. The fourth-order valence-electron chi connectivity index (χ4n) is 3.73. The second kappa shape index (κ2) is 11.0. The molecule has 4 aromatic carbocycles. The van der Waals surface area contributed by atoms with Crippen LogP contribution in [0.2, 0.25) is 0 Å². The third kappa shape index (κ3) is 6.52. The number of hydrogen-bond donors (Lipinski definition) is 3. The molecule has 0 bridgehead atoms. The lowest BCUT2D eigenvalue weighted by Crippen LogP contribution is -2.43. The Balaban J connectivity index is 1.26. The first-order valence-corrected chi connectivity index (χ1v) is 11.9. The maximum Gasteiger partial charge on any atom is 0.276 e. The first kappa shape index (κ1) is 25.4. The normalized spacial score (nSPS) is 11.0. The van der Waals surface area contributed by atoms with Gasteiger partial charge in [-0.3, -0.25) is 25.2 Å². The molecule has 7 heteroatoms. The van der Waals surface area contributed by atoms with Gasteiger partial charge in [0.15, 0.2) is 6.61 Å². The van der Waals surface area contributed by atoms with Crippen molar-refractivity contribution in [3.63, 3.8) is 0 Å². The number of hydrazine groups is 1. The summed E-state index contributed by atoms with van der Waals surface area (Å²) in [6.45, 7) is 6.10. The molecule has 3 N–H and O–H groups in total. The van der Waals surface area contributed by atoms with Crippen LogP contribution in [0.3, 0.4) is 0 Å². The molecule has 7 nitrogen and oxygen atoms in total. The number of carbonyl (C=O) groups excluding carboxylic acids is 3. The standard InChI is InChI=1S/C30H29N3O4/c1-30(2,3)23-15-11-21(12-16-23)28(35)31-24-17-13-22(14-18-24)29(36)33-32-27(34)19-37-26-10-6-8-20-7-4-5-9-25(20)26/h4-18H,19H2,1-3H3,(H,31,35)(H,32,34)(H,33,36). The van der Waals surface area contributed by atoms with Crippen LogP contribution < -0.4 is 20.9 Å². The molecular weight excluding hydrogens is 466 g/mol. The summed E-state index contributed by atoms with van der Waals surface area (Å²) in [4.78, 5) is 37.1. The third-order valence-corrected chi connectivity index (χ3v) is 5.84. The fraction of sp³-hybridized carbons (Fsp3) is 0.167. The summed E-state index contributed by atoms with van der Waals surface area (Å²) < 4.78 is 5.63. The van der Waals surface area contributed by atoms with Crippen LogP contribution in [0.25, 0.3) is 10.8 Å². The molecule has 0 aromatic heterocycles. The zero-order valence-corrected chi connectivity index (χ0v) is 21.0. The monoisotopic (exact) mass is 495 g/mol. The van der Waals surface area contributed by atoms with Crippen LogP contribution in [0, 0.1) is 0 Å². The molecule has 0 spiro atoms. The molecule has 0 atom stereocenters. The van der Waals surface area contributed by atoms with Crippen molar-refractivity contribution in [2.24, 2.45) is 0 Å². The van der Waals surface area contributed by atoms with Crippen molar-refractivity contribution in [1.82, 2.24) is 10.9 Å². The average Bonchev–Trinajstić information content (AvgIpc) is 2.90. The van der Waals surface area contributed by atoms with E-state index in [9.17, 15) is 14.4 Å². The lowest BCUT2D eigenvalue weighted by molar-refractivity contribution is -0.123. The van der Waals surface area contributed by atoms with Crippen molar-refractivity contribution >= 4 is 34.2 Å². The van der Waals surface area contributed by atoms with E-state index in [1.807, 2.05) is 48.5 Å². The summed E-state index contributed by atoms with van der Waals surface area (Å²) in [5.74, 6) is -0.643. The Kier molecular flexibility index (Phi) is 7.53. The number of hydrogen-bond acceptors (Lipinski definition) is 4. The molecular formula is C30H29N3O4. The number of nitrogens with one attached hydrogen (secondary N) is 3. The van der Waals surface area contributed by atoms with Gasteiger partial charge in [-0.1, -0.05) is 69.3 Å². The molecule has 0 unspecified atom stereocenters. The fourth-order valence-corrected chi connectivity index (χ4v) is 3.73. The van der Waals surface area contributed by atoms with Crippen LogP contribution in [0.4, 0.5) is 5.69 Å². The summed E-state index contributed by atoms with van der Waals surface area (Å²) in [6.07, 6.45) is 0. The zero-order chi connectivity index (χ0) is 26.4. The Morgan fingerprint density at radius 1 is 0.703 bits per heavy atom. The highest BCUT2D eigenvalue weighted by Gasteiger charge is 2.15. The Morgan fingerprint density at radius 3 is 2.03 bits per heavy atom. The van der Waals surface area contributed by atoms with Gasteiger partial charge < -0.3 is 10.1 Å². The smallest absolute Gasteiger partial charge is 0.276 e. The van der Waals surface area contributed by atoms with E-state index in [-0.39, 0.29) is 17.9 Å². The van der Waals surface area contributed by atoms with Gasteiger partial charge in [-0.2, -0.15) is 0 Å². The van der Waals surface area contributed by atoms with Gasteiger partial charge >= 0.3 is 0 Å². The van der Waals surface area contributed by atoms with E-state index in [2.05, 4.69) is 36.9 Å². The quantitative estimate of drug-likeness (QED) is 0.319. The third-order valence-electron chi connectivity index (χ3n) is 5.84. The van der Waals surface area contributed by atoms with Gasteiger partial charge in [0, 0.05) is 22.2 Å². The van der Waals surface area contributed by atoms with Crippen molar-refractivity contribution < 1.29 is 19.1 Å². The van der Waals surface area contributed by atoms with Crippen molar-refractivity contribution in [2.75, 3.05) is 11.9 Å². The van der Waals surface area contributed by atoms with Crippen molar-refractivity contribution in [3.05, 3.63) is 108 Å². The predicted molar refractivity (Wildman–Crippen MR) is 145 cm³/mol. The van der Waals surface area contributed by atoms with E-state index >= 15 is 0 Å². The Hall–Kier alpha value is -4.65. The molecule has 0 aliphatic rings. The number of amides is 3. The topological polar surface area (TPSA) is 96.5 Å². The summed E-state index contributed by atoms with van der Waals surface area (Å²) in [5, 5.41) is 4.73. The van der Waals surface area contributed by atoms with Crippen molar-refractivity contribution in [1.29, 1.82) is 0 Å². The van der Waals surface area contributed by atoms with Crippen LogP contribution in [0.1, 0.15) is 47.1 Å². The molecule has 0 aliphatic carbocycles. The summed E-state index contributed by atoms with van der Waals surface area (Å²) >= 11 is 0. The van der Waals surface area contributed by atoms with Gasteiger partial charge in [-0.25, -0.2) is 0 Å². The van der Waals surface area contributed by atoms with Crippen LogP contribution in [-0.4, -0.2) is 24.3 Å². The minimum absolute atomic E-state index is 0.00862. The maximum absolute atomic E-state index is 12.6. The highest BCUT2D eigenvalue weighted by Crippen LogP contribution is 2.25. The number of anilines is 1. The van der Waals surface area contributed by atoms with E-state index in [1.54, 1.807) is 42.5 Å². The number of ether oxygens (including phenoxy) is 1. The molecule has 3 amide bonds. The molecule has 0 fully saturated rings. The van der Waals surface area contributed by atoms with Gasteiger partial charge in [0.05, 0.1) is 0 Å². The largest absolute Gasteiger partial charge is 0.483 e. The molecule has 0 saturated carbocycles. The number of rotatable bonds is 6. The molecule has 37 heavy (non-hydrogen) atoms. The van der Waals surface area contributed by atoms with Crippen LogP contribution in [-0.2, 0) is 10.2 Å². The lowest BCUT2D eigenvalue weighted by Gasteiger charge is -2.19. The van der Waals surface area contributed by atoms with Crippen molar-refractivity contribution in [2.45, 2.75) is 26.2 Å². The molecule has 188 valence electrons. The van der Waals surface area contributed by atoms with Crippen LogP contribution >= 0.6 is 0 Å². The van der Waals surface area contributed by atoms with Gasteiger partial charge in [-0.05, 0) is 58.8 Å². The Morgan fingerprint density at radius 2 is 1.32 bits per heavy atom. The highest BCUT2D eigenvalue weighted by molar-refractivity contribution is 6.04. The van der Waals surface area contributed by atoms with Crippen molar-refractivity contribution in [3.8, 4) is 5.75 Å².